The zero-order valence-electron chi connectivity index (χ0n) is 9.69. The van der Waals surface area contributed by atoms with Crippen molar-refractivity contribution >= 4 is 0 Å². The number of ether oxygens (including phenoxy) is 2. The quantitative estimate of drug-likeness (QED) is 0.678. The number of aliphatic hydroxyl groups excluding tert-OH is 2. The molecule has 88 valence electrons. The lowest BCUT2D eigenvalue weighted by atomic mass is 10.4. The van der Waals surface area contributed by atoms with E-state index >= 15 is 0 Å². The normalized spacial score (nSPS) is 14.1. The molecule has 0 saturated heterocycles. The maximum absolute atomic E-state index is 8.69. The molecule has 0 aliphatic heterocycles. The first-order chi connectivity index (χ1) is 6.58. The van der Waals surface area contributed by atoms with E-state index in [1.54, 1.807) is 21.0 Å². The van der Waals surface area contributed by atoms with E-state index in [4.69, 9.17) is 19.7 Å². The van der Waals surface area contributed by atoms with Gasteiger partial charge in [-0.2, -0.15) is 0 Å². The Balaban J connectivity index is 0. The van der Waals surface area contributed by atoms with Gasteiger partial charge in [0.05, 0.1) is 25.4 Å². The van der Waals surface area contributed by atoms with Crippen LogP contribution < -0.4 is 0 Å². The van der Waals surface area contributed by atoms with Crippen molar-refractivity contribution in [3.8, 4) is 0 Å². The molecule has 2 N–H and O–H groups in total. The Morgan fingerprint density at radius 2 is 1.86 bits per heavy atom. The fourth-order valence-corrected chi connectivity index (χ4v) is 0.560. The number of hydrogen-bond donors (Lipinski definition) is 2. The van der Waals surface area contributed by atoms with Crippen molar-refractivity contribution < 1.29 is 19.7 Å². The molecule has 0 bridgehead atoms. The van der Waals surface area contributed by atoms with E-state index in [1.807, 2.05) is 0 Å². The van der Waals surface area contributed by atoms with E-state index in [1.165, 1.54) is 0 Å². The molecule has 4 nitrogen and oxygen atoms in total. The van der Waals surface area contributed by atoms with Crippen LogP contribution in [0.25, 0.3) is 0 Å². The fourth-order valence-electron chi connectivity index (χ4n) is 0.560. The van der Waals surface area contributed by atoms with E-state index in [9.17, 15) is 0 Å². The van der Waals surface area contributed by atoms with Crippen molar-refractivity contribution in [3.63, 3.8) is 0 Å². The van der Waals surface area contributed by atoms with E-state index in [0.29, 0.717) is 6.61 Å². The van der Waals surface area contributed by atoms with Crippen molar-refractivity contribution in [2.24, 2.45) is 0 Å². The summed E-state index contributed by atoms with van der Waals surface area (Å²) in [4.78, 5) is 0. The van der Waals surface area contributed by atoms with Crippen LogP contribution in [0.4, 0.5) is 0 Å². The van der Waals surface area contributed by atoms with Crippen LogP contribution in [0.2, 0.25) is 0 Å². The molecule has 2 atom stereocenters. The first-order valence-electron chi connectivity index (χ1n) is 4.97. The van der Waals surface area contributed by atoms with E-state index in [-0.39, 0.29) is 12.7 Å². The monoisotopic (exact) mass is 208 g/mol. The van der Waals surface area contributed by atoms with Crippen molar-refractivity contribution in [1.82, 2.24) is 0 Å². The number of rotatable bonds is 6. The lowest BCUT2D eigenvalue weighted by molar-refractivity contribution is -0.0177. The summed E-state index contributed by atoms with van der Waals surface area (Å²) in [5.41, 5.74) is 0. The summed E-state index contributed by atoms with van der Waals surface area (Å²) >= 11 is 0. The van der Waals surface area contributed by atoms with Crippen LogP contribution in [0.1, 0.15) is 27.2 Å². The van der Waals surface area contributed by atoms with E-state index in [0.717, 1.165) is 13.0 Å². The van der Waals surface area contributed by atoms with Crippen molar-refractivity contribution in [1.29, 1.82) is 0 Å². The second-order valence-corrected chi connectivity index (χ2v) is 3.17. The Morgan fingerprint density at radius 3 is 2.07 bits per heavy atom. The third kappa shape index (κ3) is 17.8. The first-order valence-corrected chi connectivity index (χ1v) is 4.97. The average molecular weight is 208 g/mol. The van der Waals surface area contributed by atoms with Crippen LogP contribution in [0.3, 0.4) is 0 Å². The maximum atomic E-state index is 8.69. The minimum Gasteiger partial charge on any atom is -0.394 e. The van der Waals surface area contributed by atoms with E-state index in [2.05, 4.69) is 6.92 Å². The molecule has 2 unspecified atom stereocenters. The summed E-state index contributed by atoms with van der Waals surface area (Å²) in [6, 6.07) is 0. The Hall–Kier alpha value is -0.160. The molecule has 0 amide bonds. The zero-order valence-corrected chi connectivity index (χ0v) is 9.69. The maximum Gasteiger partial charge on any atom is 0.0779 e. The van der Waals surface area contributed by atoms with Crippen LogP contribution in [0.15, 0.2) is 0 Å². The summed E-state index contributed by atoms with van der Waals surface area (Å²) in [5.74, 6) is 0. The molecule has 0 fully saturated rings. The van der Waals surface area contributed by atoms with Gasteiger partial charge in [-0.1, -0.05) is 6.92 Å². The summed E-state index contributed by atoms with van der Waals surface area (Å²) in [7, 11) is 1.71. The summed E-state index contributed by atoms with van der Waals surface area (Å²) < 4.78 is 9.64. The van der Waals surface area contributed by atoms with Gasteiger partial charge in [0, 0.05) is 13.7 Å². The van der Waals surface area contributed by atoms with Crippen LogP contribution in [0, 0.1) is 0 Å². The van der Waals surface area contributed by atoms with Gasteiger partial charge in [0.25, 0.3) is 0 Å². The molecule has 4 heteroatoms. The van der Waals surface area contributed by atoms with Crippen LogP contribution in [-0.2, 0) is 9.47 Å². The second-order valence-electron chi connectivity index (χ2n) is 3.17. The molecular formula is C10H24O4. The number of methoxy groups -OCH3 is 1. The topological polar surface area (TPSA) is 58.9 Å². The molecule has 14 heavy (non-hydrogen) atoms. The smallest absolute Gasteiger partial charge is 0.0779 e. The van der Waals surface area contributed by atoms with Gasteiger partial charge >= 0.3 is 0 Å². The third-order valence-corrected chi connectivity index (χ3v) is 1.29. The lowest BCUT2D eigenvalue weighted by Gasteiger charge is -2.10. The van der Waals surface area contributed by atoms with Gasteiger partial charge in [0.1, 0.15) is 0 Å². The molecule has 0 aromatic rings. The summed E-state index contributed by atoms with van der Waals surface area (Å²) in [6.07, 6.45) is 0.509. The number of aliphatic hydroxyl groups is 2. The molecule has 0 spiro atoms. The highest BCUT2D eigenvalue weighted by Crippen LogP contribution is 1.90. The van der Waals surface area contributed by atoms with Gasteiger partial charge < -0.3 is 19.7 Å². The largest absolute Gasteiger partial charge is 0.394 e. The summed E-state index contributed by atoms with van der Waals surface area (Å²) in [6.45, 7) is 6.67. The highest BCUT2D eigenvalue weighted by Gasteiger charge is 2.00. The van der Waals surface area contributed by atoms with Gasteiger partial charge in [0.2, 0.25) is 0 Å². The van der Waals surface area contributed by atoms with Crippen LogP contribution in [-0.4, -0.2) is 49.4 Å². The fraction of sp³-hybridized carbons (Fsp3) is 1.00. The predicted molar refractivity (Wildman–Crippen MR) is 56.3 cm³/mol. The summed E-state index contributed by atoms with van der Waals surface area (Å²) in [5, 5.41) is 17.1. The molecule has 0 heterocycles. The molecule has 0 radical (unpaired) electrons. The minimum absolute atomic E-state index is 0.00667. The molecule has 0 rings (SSSR count). The van der Waals surface area contributed by atoms with Gasteiger partial charge in [-0.25, -0.2) is 0 Å². The van der Waals surface area contributed by atoms with Gasteiger partial charge in [-0.15, -0.1) is 0 Å². The molecule has 0 saturated carbocycles. The molecule has 0 aliphatic rings. The standard InChI is InChI=1S/C6H14O3.C4H10O/c1-5(8)4-9-6(2)3-7;1-3-4-5-2/h5-8H,3-4H2,1-2H3;3-4H2,1-2H3. The molecule has 0 aromatic carbocycles. The third-order valence-electron chi connectivity index (χ3n) is 1.29. The van der Waals surface area contributed by atoms with Crippen molar-refractivity contribution in [2.45, 2.75) is 39.4 Å². The predicted octanol–water partition coefficient (Wildman–Crippen LogP) is 0.807. The average Bonchev–Trinajstić information content (AvgIpc) is 2.16. The Kier molecular flexibility index (Phi) is 14.9. The SMILES string of the molecule is CC(O)COC(C)CO.CCCOC. The molecule has 0 aromatic heterocycles. The highest BCUT2D eigenvalue weighted by atomic mass is 16.5. The van der Waals surface area contributed by atoms with Gasteiger partial charge in [0.15, 0.2) is 0 Å². The van der Waals surface area contributed by atoms with Crippen molar-refractivity contribution in [3.05, 3.63) is 0 Å². The van der Waals surface area contributed by atoms with Crippen molar-refractivity contribution in [2.75, 3.05) is 26.9 Å². The Bertz CT molecular complexity index is 94.1. The highest BCUT2D eigenvalue weighted by molar-refractivity contribution is 4.47. The van der Waals surface area contributed by atoms with E-state index < -0.39 is 6.10 Å². The van der Waals surface area contributed by atoms with Gasteiger partial charge in [-0.05, 0) is 20.3 Å². The molecule has 0 aliphatic carbocycles. The van der Waals surface area contributed by atoms with Gasteiger partial charge in [-0.3, -0.25) is 0 Å². The van der Waals surface area contributed by atoms with Crippen LogP contribution >= 0.6 is 0 Å². The zero-order chi connectivity index (χ0) is 11.4. The molecular weight excluding hydrogens is 184 g/mol. The number of hydrogen-bond acceptors (Lipinski definition) is 4. The Labute approximate surface area is 86.8 Å². The second kappa shape index (κ2) is 12.8. The van der Waals surface area contributed by atoms with Crippen LogP contribution in [0.5, 0.6) is 0 Å². The first kappa shape index (κ1) is 16.3. The lowest BCUT2D eigenvalue weighted by Crippen LogP contribution is -2.19. The Morgan fingerprint density at radius 1 is 1.29 bits per heavy atom. The minimum atomic E-state index is -0.445.